The largest absolute Gasteiger partial charge is 0.508 e. The molecule has 2 saturated carbocycles. The number of rotatable bonds is 16. The summed E-state index contributed by atoms with van der Waals surface area (Å²) in [5.74, 6) is -20.6. The Bertz CT molecular complexity index is 1250. The van der Waals surface area contributed by atoms with Gasteiger partial charge < -0.3 is 15.3 Å². The number of aliphatic hydroxyl groups is 1. The number of carbonyl (C=O) groups is 1. The fourth-order valence-electron chi connectivity index (χ4n) is 9.12. The number of unbranched alkanes of at least 4 members (excludes halogenated alkanes) is 6. The number of halogens is 9. The molecule has 274 valence electrons. The van der Waals surface area contributed by atoms with Crippen LogP contribution in [0.5, 0.6) is 5.75 Å². The summed E-state index contributed by atoms with van der Waals surface area (Å²) in [6, 6.07) is 5.72. The number of carboxylic acid groups (broad SMARTS) is 1. The van der Waals surface area contributed by atoms with Crippen molar-refractivity contribution in [1.29, 1.82) is 0 Å². The van der Waals surface area contributed by atoms with E-state index in [0.29, 0.717) is 36.5 Å². The standard InChI is InChI=1S/C35H47F9O4/c1-31-20-23(29-25-14-12-24(45)19-22(25)11-13-26(29)27(31)15-16-28(31)46)10-8-6-4-2-3-5-7-9-21(30(47)48)17-18-32(36,37)33(38,39)34(40,41)35(42,43)44/h12,14,19,21,23,26-29,45-46H,2-11,13,15-18,20H2,1H3,(H,47,48)/t21-,23+,26?,27?,28+,29?,31+/m1/s1. The van der Waals surface area contributed by atoms with Crippen LogP contribution < -0.4 is 0 Å². The molecule has 2 fully saturated rings. The van der Waals surface area contributed by atoms with Crippen molar-refractivity contribution in [2.75, 3.05) is 0 Å². The Hall–Kier alpha value is -2.18. The first-order valence-corrected chi connectivity index (χ1v) is 17.2. The maximum absolute atomic E-state index is 13.9. The van der Waals surface area contributed by atoms with Gasteiger partial charge in [-0.1, -0.05) is 57.9 Å². The minimum absolute atomic E-state index is 0.0982. The highest BCUT2D eigenvalue weighted by atomic mass is 19.4. The van der Waals surface area contributed by atoms with Crippen LogP contribution in [0.3, 0.4) is 0 Å². The number of fused-ring (bicyclic) bond motifs is 5. The molecule has 3 aliphatic carbocycles. The Kier molecular flexibility index (Phi) is 11.7. The highest BCUT2D eigenvalue weighted by Gasteiger charge is 2.81. The van der Waals surface area contributed by atoms with Gasteiger partial charge in [0.1, 0.15) is 5.75 Å². The highest BCUT2D eigenvalue weighted by Crippen LogP contribution is 2.63. The molecule has 7 atom stereocenters. The second kappa shape index (κ2) is 14.6. The summed E-state index contributed by atoms with van der Waals surface area (Å²) in [5.41, 5.74) is 2.44. The van der Waals surface area contributed by atoms with Crippen LogP contribution in [0.2, 0.25) is 0 Å². The van der Waals surface area contributed by atoms with Crippen molar-refractivity contribution >= 4 is 5.97 Å². The summed E-state index contributed by atoms with van der Waals surface area (Å²) in [7, 11) is 0. The van der Waals surface area contributed by atoms with Crippen LogP contribution in [0, 0.1) is 29.1 Å². The second-order valence-electron chi connectivity index (χ2n) is 14.8. The molecule has 4 nitrogen and oxygen atoms in total. The normalized spacial score (nSPS) is 28.4. The lowest BCUT2D eigenvalue weighted by molar-refractivity contribution is -0.396. The number of aryl methyl sites for hydroxylation is 1. The van der Waals surface area contributed by atoms with Crippen molar-refractivity contribution in [1.82, 2.24) is 0 Å². The minimum atomic E-state index is -6.98. The molecule has 1 aromatic carbocycles. The molecule has 4 rings (SSSR count). The molecule has 0 bridgehead atoms. The number of carboxylic acids is 1. The van der Waals surface area contributed by atoms with Crippen LogP contribution in [0.25, 0.3) is 0 Å². The predicted molar refractivity (Wildman–Crippen MR) is 160 cm³/mol. The first-order chi connectivity index (χ1) is 22.2. The SMILES string of the molecule is C[C@]12C[C@H](CCCCCCCCC[C@H](CCC(F)(F)C(F)(F)C(F)(F)C(F)(F)F)C(=O)O)C3c4ccc(O)cc4CCC3C1CC[C@@H]2O. The third-order valence-electron chi connectivity index (χ3n) is 11.8. The summed E-state index contributed by atoms with van der Waals surface area (Å²) in [5, 5.41) is 30.3. The van der Waals surface area contributed by atoms with Gasteiger partial charge in [-0.05, 0) is 104 Å². The molecule has 0 saturated heterocycles. The maximum atomic E-state index is 13.9. The molecule has 13 heteroatoms. The summed E-state index contributed by atoms with van der Waals surface area (Å²) < 4.78 is 118. The summed E-state index contributed by atoms with van der Waals surface area (Å²) in [4.78, 5) is 11.5. The zero-order chi connectivity index (χ0) is 35.7. The van der Waals surface area contributed by atoms with E-state index < -0.39 is 48.7 Å². The van der Waals surface area contributed by atoms with Gasteiger partial charge in [0.15, 0.2) is 0 Å². The van der Waals surface area contributed by atoms with Gasteiger partial charge in [-0.25, -0.2) is 0 Å². The van der Waals surface area contributed by atoms with E-state index in [1.807, 2.05) is 6.07 Å². The lowest BCUT2D eigenvalue weighted by Gasteiger charge is -2.54. The quantitative estimate of drug-likeness (QED) is 0.118. The fraction of sp³-hybridized carbons (Fsp3) is 0.800. The lowest BCUT2D eigenvalue weighted by atomic mass is 9.51. The highest BCUT2D eigenvalue weighted by molar-refractivity contribution is 5.69. The number of hydrogen-bond acceptors (Lipinski definition) is 3. The number of aliphatic carboxylic acids is 1. The van der Waals surface area contributed by atoms with Crippen molar-refractivity contribution in [3.05, 3.63) is 29.3 Å². The van der Waals surface area contributed by atoms with Crippen molar-refractivity contribution < 1.29 is 59.6 Å². The van der Waals surface area contributed by atoms with Crippen LogP contribution in [0.1, 0.15) is 120 Å². The average Bonchev–Trinajstić information content (AvgIpc) is 3.29. The van der Waals surface area contributed by atoms with Gasteiger partial charge in [0.2, 0.25) is 0 Å². The van der Waals surface area contributed by atoms with E-state index in [4.69, 9.17) is 0 Å². The maximum Gasteiger partial charge on any atom is 0.460 e. The molecule has 0 heterocycles. The van der Waals surface area contributed by atoms with Crippen molar-refractivity contribution in [2.45, 2.75) is 146 Å². The van der Waals surface area contributed by atoms with Gasteiger partial charge >= 0.3 is 29.9 Å². The first kappa shape index (κ1) is 38.6. The number of hydrogen-bond donors (Lipinski definition) is 3. The van der Waals surface area contributed by atoms with E-state index in [0.717, 1.165) is 64.2 Å². The van der Waals surface area contributed by atoms with E-state index in [2.05, 4.69) is 13.0 Å². The Morgan fingerprint density at radius 3 is 2.12 bits per heavy atom. The van der Waals surface area contributed by atoms with Crippen LogP contribution in [-0.2, 0) is 11.2 Å². The number of alkyl halides is 9. The molecule has 0 aliphatic heterocycles. The average molecular weight is 703 g/mol. The zero-order valence-corrected chi connectivity index (χ0v) is 27.2. The molecule has 0 spiro atoms. The number of aromatic hydroxyl groups is 1. The van der Waals surface area contributed by atoms with E-state index >= 15 is 0 Å². The van der Waals surface area contributed by atoms with Crippen LogP contribution in [0.4, 0.5) is 39.5 Å². The molecule has 1 aromatic rings. The Balaban J connectivity index is 1.20. The number of benzene rings is 1. The molecule has 3 N–H and O–H groups in total. The van der Waals surface area contributed by atoms with Gasteiger partial charge in [-0.15, -0.1) is 0 Å². The summed E-state index contributed by atoms with van der Waals surface area (Å²) >= 11 is 0. The number of aliphatic hydroxyl groups excluding tert-OH is 1. The predicted octanol–water partition coefficient (Wildman–Crippen LogP) is 10.3. The van der Waals surface area contributed by atoms with E-state index in [1.165, 1.54) is 11.1 Å². The Morgan fingerprint density at radius 1 is 0.875 bits per heavy atom. The van der Waals surface area contributed by atoms with Gasteiger partial charge in [0.05, 0.1) is 12.0 Å². The van der Waals surface area contributed by atoms with E-state index in [-0.39, 0.29) is 30.1 Å². The van der Waals surface area contributed by atoms with Crippen molar-refractivity contribution in [2.24, 2.45) is 29.1 Å². The topological polar surface area (TPSA) is 77.8 Å². The molecule has 3 aliphatic rings. The van der Waals surface area contributed by atoms with Crippen molar-refractivity contribution in [3.63, 3.8) is 0 Å². The Labute approximate surface area is 275 Å². The zero-order valence-electron chi connectivity index (χ0n) is 27.2. The first-order valence-electron chi connectivity index (χ1n) is 17.2. The van der Waals surface area contributed by atoms with Crippen LogP contribution in [-0.4, -0.2) is 51.3 Å². The molecular weight excluding hydrogens is 655 g/mol. The molecule has 0 radical (unpaired) electrons. The van der Waals surface area contributed by atoms with Gasteiger partial charge in [0, 0.05) is 6.42 Å². The van der Waals surface area contributed by atoms with E-state index in [1.54, 1.807) is 6.07 Å². The van der Waals surface area contributed by atoms with Gasteiger partial charge in [0.25, 0.3) is 0 Å². The van der Waals surface area contributed by atoms with Gasteiger partial charge in [-0.3, -0.25) is 4.79 Å². The monoisotopic (exact) mass is 702 g/mol. The van der Waals surface area contributed by atoms with Crippen LogP contribution >= 0.6 is 0 Å². The third-order valence-corrected chi connectivity index (χ3v) is 11.8. The fourth-order valence-corrected chi connectivity index (χ4v) is 9.12. The minimum Gasteiger partial charge on any atom is -0.508 e. The van der Waals surface area contributed by atoms with Crippen LogP contribution in [0.15, 0.2) is 18.2 Å². The van der Waals surface area contributed by atoms with Crippen molar-refractivity contribution in [3.8, 4) is 5.75 Å². The molecule has 0 aromatic heterocycles. The van der Waals surface area contributed by atoms with E-state index in [9.17, 15) is 59.6 Å². The molecule has 0 amide bonds. The summed E-state index contributed by atoms with van der Waals surface area (Å²) in [6.07, 6.45) is 0.282. The Morgan fingerprint density at radius 2 is 1.50 bits per heavy atom. The molecule has 3 unspecified atom stereocenters. The molecular formula is C35H47F9O4. The number of phenols is 1. The third kappa shape index (κ3) is 7.60. The smallest absolute Gasteiger partial charge is 0.460 e. The van der Waals surface area contributed by atoms with Gasteiger partial charge in [-0.2, -0.15) is 39.5 Å². The molecule has 48 heavy (non-hydrogen) atoms. The second-order valence-corrected chi connectivity index (χ2v) is 14.8. The lowest BCUT2D eigenvalue weighted by Crippen LogP contribution is -2.60. The number of phenolic OH excluding ortho intramolecular Hbond substituents is 1. The summed E-state index contributed by atoms with van der Waals surface area (Å²) in [6.45, 7) is 2.24.